The van der Waals surface area contributed by atoms with Crippen molar-refractivity contribution in [1.29, 1.82) is 0 Å². The molecular formula is C22H28N4O. The third kappa shape index (κ3) is 3.55. The maximum Gasteiger partial charge on any atom is 0.226 e. The zero-order valence-corrected chi connectivity index (χ0v) is 16.5. The second-order valence-electron chi connectivity index (χ2n) is 7.96. The van der Waals surface area contributed by atoms with Crippen molar-refractivity contribution in [3.8, 4) is 11.4 Å². The Morgan fingerprint density at radius 1 is 1.22 bits per heavy atom. The summed E-state index contributed by atoms with van der Waals surface area (Å²) in [5.41, 5.74) is 3.20. The number of carbonyl (C=O) groups excluding carboxylic acids is 1. The fourth-order valence-electron chi connectivity index (χ4n) is 4.16. The highest BCUT2D eigenvalue weighted by molar-refractivity contribution is 5.82. The molecule has 142 valence electrons. The van der Waals surface area contributed by atoms with Crippen LogP contribution in [-0.4, -0.2) is 41.4 Å². The molecule has 0 radical (unpaired) electrons. The molecule has 2 atom stereocenters. The molecule has 4 rings (SSSR count). The van der Waals surface area contributed by atoms with Crippen LogP contribution in [0.15, 0.2) is 30.3 Å². The standard InChI is InChI=1S/C22H28N4O/c1-4-8-16-13-18(16)22(27)26-12-11-17-19(14-26)23-20(24-21(17)25(2)3)15-9-6-5-7-10-15/h5-7,9-10,16,18H,4,8,11-14H2,1-3H3/t16-,18+/m0/s1. The van der Waals surface area contributed by atoms with Crippen molar-refractivity contribution in [3.63, 3.8) is 0 Å². The van der Waals surface area contributed by atoms with Gasteiger partial charge in [-0.05, 0) is 25.2 Å². The molecule has 2 aromatic rings. The first-order valence-corrected chi connectivity index (χ1v) is 9.99. The van der Waals surface area contributed by atoms with Crippen molar-refractivity contribution in [2.45, 2.75) is 39.2 Å². The lowest BCUT2D eigenvalue weighted by atomic mass is 10.0. The van der Waals surface area contributed by atoms with E-state index >= 15 is 0 Å². The number of amides is 1. The molecule has 5 nitrogen and oxygen atoms in total. The van der Waals surface area contributed by atoms with Crippen LogP contribution in [0.2, 0.25) is 0 Å². The lowest BCUT2D eigenvalue weighted by Gasteiger charge is -2.31. The lowest BCUT2D eigenvalue weighted by Crippen LogP contribution is -2.38. The van der Waals surface area contributed by atoms with Gasteiger partial charge in [0.15, 0.2) is 5.82 Å². The van der Waals surface area contributed by atoms with Crippen LogP contribution in [-0.2, 0) is 17.8 Å². The number of anilines is 1. The summed E-state index contributed by atoms with van der Waals surface area (Å²) in [7, 11) is 4.04. The second-order valence-corrected chi connectivity index (χ2v) is 7.96. The molecule has 0 bridgehead atoms. The molecule has 0 saturated heterocycles. The third-order valence-corrected chi connectivity index (χ3v) is 5.71. The van der Waals surface area contributed by atoms with Crippen LogP contribution >= 0.6 is 0 Å². The van der Waals surface area contributed by atoms with Crippen LogP contribution < -0.4 is 4.90 Å². The van der Waals surface area contributed by atoms with Crippen LogP contribution in [0.25, 0.3) is 11.4 Å². The van der Waals surface area contributed by atoms with Crippen molar-refractivity contribution < 1.29 is 4.79 Å². The number of nitrogens with zero attached hydrogens (tertiary/aromatic N) is 4. The van der Waals surface area contributed by atoms with Gasteiger partial charge in [-0.2, -0.15) is 0 Å². The van der Waals surface area contributed by atoms with Gasteiger partial charge in [0.25, 0.3) is 0 Å². The number of fused-ring (bicyclic) bond motifs is 1. The van der Waals surface area contributed by atoms with Crippen LogP contribution in [0, 0.1) is 11.8 Å². The minimum absolute atomic E-state index is 0.246. The van der Waals surface area contributed by atoms with E-state index in [1.165, 1.54) is 12.0 Å². The van der Waals surface area contributed by atoms with Gasteiger partial charge in [0.05, 0.1) is 12.2 Å². The molecule has 0 unspecified atom stereocenters. The summed E-state index contributed by atoms with van der Waals surface area (Å²) in [5, 5.41) is 0. The fraction of sp³-hybridized carbons (Fsp3) is 0.500. The van der Waals surface area contributed by atoms with E-state index in [1.54, 1.807) is 0 Å². The van der Waals surface area contributed by atoms with Gasteiger partial charge in [-0.1, -0.05) is 43.7 Å². The molecule has 27 heavy (non-hydrogen) atoms. The average Bonchev–Trinajstić information content (AvgIpc) is 3.46. The van der Waals surface area contributed by atoms with E-state index in [4.69, 9.17) is 9.97 Å². The molecule has 1 fully saturated rings. The van der Waals surface area contributed by atoms with Crippen LogP contribution in [0.1, 0.15) is 37.4 Å². The highest BCUT2D eigenvalue weighted by atomic mass is 16.2. The maximum atomic E-state index is 12.9. The Balaban J connectivity index is 1.62. The molecule has 1 aromatic carbocycles. The monoisotopic (exact) mass is 364 g/mol. The van der Waals surface area contributed by atoms with Crippen molar-refractivity contribution in [2.24, 2.45) is 11.8 Å². The Hall–Kier alpha value is -2.43. The number of rotatable bonds is 5. The van der Waals surface area contributed by atoms with Crippen LogP contribution in [0.4, 0.5) is 5.82 Å². The van der Waals surface area contributed by atoms with Gasteiger partial charge in [0.1, 0.15) is 5.82 Å². The van der Waals surface area contributed by atoms with Gasteiger partial charge in [0, 0.05) is 37.7 Å². The zero-order chi connectivity index (χ0) is 19.0. The molecule has 5 heteroatoms. The summed E-state index contributed by atoms with van der Waals surface area (Å²) < 4.78 is 0. The minimum atomic E-state index is 0.246. The SMILES string of the molecule is CCC[C@H]1C[C@H]1C(=O)N1CCc2c(nc(-c3ccccc3)nc2N(C)C)C1. The summed E-state index contributed by atoms with van der Waals surface area (Å²) in [6.07, 6.45) is 4.23. The van der Waals surface area contributed by atoms with Crippen molar-refractivity contribution in [2.75, 3.05) is 25.5 Å². The largest absolute Gasteiger partial charge is 0.362 e. The Bertz CT molecular complexity index is 834. The molecule has 1 aliphatic carbocycles. The van der Waals surface area contributed by atoms with E-state index in [-0.39, 0.29) is 5.92 Å². The molecule has 2 heterocycles. The predicted octanol–water partition coefficient (Wildman–Crippen LogP) is 3.53. The van der Waals surface area contributed by atoms with Crippen LogP contribution in [0.3, 0.4) is 0 Å². The predicted molar refractivity (Wildman–Crippen MR) is 107 cm³/mol. The number of hydrogen-bond acceptors (Lipinski definition) is 4. The van der Waals surface area contributed by atoms with Gasteiger partial charge in [-0.15, -0.1) is 0 Å². The normalized spacial score (nSPS) is 20.9. The summed E-state index contributed by atoms with van der Waals surface area (Å²) in [6, 6.07) is 10.1. The number of aromatic nitrogens is 2. The van der Waals surface area contributed by atoms with Crippen LogP contribution in [0.5, 0.6) is 0 Å². The minimum Gasteiger partial charge on any atom is -0.362 e. The van der Waals surface area contributed by atoms with E-state index in [0.29, 0.717) is 18.4 Å². The molecular weight excluding hydrogens is 336 g/mol. The summed E-state index contributed by atoms with van der Waals surface area (Å²) >= 11 is 0. The lowest BCUT2D eigenvalue weighted by molar-refractivity contribution is -0.133. The Morgan fingerprint density at radius 3 is 2.70 bits per heavy atom. The smallest absolute Gasteiger partial charge is 0.226 e. The summed E-state index contributed by atoms with van der Waals surface area (Å²) in [4.78, 5) is 26.7. The third-order valence-electron chi connectivity index (χ3n) is 5.71. The number of hydrogen-bond donors (Lipinski definition) is 0. The topological polar surface area (TPSA) is 49.3 Å². The molecule has 1 aliphatic heterocycles. The van der Waals surface area contributed by atoms with Crippen molar-refractivity contribution >= 4 is 11.7 Å². The quantitative estimate of drug-likeness (QED) is 0.814. The van der Waals surface area contributed by atoms with Gasteiger partial charge >= 0.3 is 0 Å². The van der Waals surface area contributed by atoms with Gasteiger partial charge < -0.3 is 9.80 Å². The summed E-state index contributed by atoms with van der Waals surface area (Å²) in [5.74, 6) is 2.89. The summed E-state index contributed by atoms with van der Waals surface area (Å²) in [6.45, 7) is 3.57. The van der Waals surface area contributed by atoms with Gasteiger partial charge in [0.2, 0.25) is 5.91 Å². The molecule has 0 spiro atoms. The molecule has 0 N–H and O–H groups in total. The first-order valence-electron chi connectivity index (χ1n) is 9.99. The number of benzene rings is 1. The number of carbonyl (C=O) groups is 1. The van der Waals surface area contributed by atoms with E-state index in [1.807, 2.05) is 49.3 Å². The maximum absolute atomic E-state index is 12.9. The Morgan fingerprint density at radius 2 is 2.00 bits per heavy atom. The Labute approximate surface area is 161 Å². The highest BCUT2D eigenvalue weighted by Gasteiger charge is 2.44. The van der Waals surface area contributed by atoms with Gasteiger partial charge in [-0.3, -0.25) is 4.79 Å². The second kappa shape index (κ2) is 7.29. The van der Waals surface area contributed by atoms with Crippen molar-refractivity contribution in [3.05, 3.63) is 41.6 Å². The average molecular weight is 364 g/mol. The van der Waals surface area contributed by atoms with E-state index < -0.39 is 0 Å². The molecule has 2 aliphatic rings. The Kier molecular flexibility index (Phi) is 4.85. The molecule has 1 amide bonds. The highest BCUT2D eigenvalue weighted by Crippen LogP contribution is 2.44. The first-order chi connectivity index (χ1) is 13.1. The molecule has 1 aromatic heterocycles. The van der Waals surface area contributed by atoms with E-state index in [2.05, 4.69) is 11.8 Å². The fourth-order valence-corrected chi connectivity index (χ4v) is 4.16. The van der Waals surface area contributed by atoms with E-state index in [0.717, 1.165) is 48.7 Å². The molecule has 1 saturated carbocycles. The first kappa shape index (κ1) is 18.0. The van der Waals surface area contributed by atoms with E-state index in [9.17, 15) is 4.79 Å². The van der Waals surface area contributed by atoms with Gasteiger partial charge in [-0.25, -0.2) is 9.97 Å². The zero-order valence-electron chi connectivity index (χ0n) is 16.5. The van der Waals surface area contributed by atoms with Crippen molar-refractivity contribution in [1.82, 2.24) is 14.9 Å².